The average molecular weight is 507 g/mol. The third-order valence-electron chi connectivity index (χ3n) is 6.09. The average Bonchev–Trinajstić information content (AvgIpc) is 3.47. The lowest BCUT2D eigenvalue weighted by Gasteiger charge is -2.24. The van der Waals surface area contributed by atoms with Crippen LogP contribution in [0.5, 0.6) is 23.0 Å². The number of carbonyl (C=O) groups excluding carboxylic acids is 1. The molecule has 36 heavy (non-hydrogen) atoms. The standard InChI is InChI=1S/C26H22N2O7S/c1-3-31-25(30)22-14(2)27-26-28(23(22)16-5-7-18-20(12-16)35-13-34-18)24(29)21(36-26)11-15-4-6-17-19(10-15)33-9-8-32-17/h4-7,10-12,23H,3,8-9,13H2,1-2H3/b21-11-/t23-/m0/s1. The van der Waals surface area contributed by atoms with Crippen molar-refractivity contribution in [3.8, 4) is 23.0 Å². The molecule has 0 bridgehead atoms. The van der Waals surface area contributed by atoms with Gasteiger partial charge in [0.25, 0.3) is 5.56 Å². The van der Waals surface area contributed by atoms with E-state index < -0.39 is 12.0 Å². The van der Waals surface area contributed by atoms with Gasteiger partial charge in [-0.25, -0.2) is 9.79 Å². The van der Waals surface area contributed by atoms with E-state index in [4.69, 9.17) is 23.7 Å². The molecule has 0 spiro atoms. The maximum Gasteiger partial charge on any atom is 0.338 e. The van der Waals surface area contributed by atoms with E-state index in [0.29, 0.717) is 62.4 Å². The third-order valence-corrected chi connectivity index (χ3v) is 7.08. The molecule has 1 atom stereocenters. The molecule has 184 valence electrons. The zero-order chi connectivity index (χ0) is 24.8. The Labute approximate surface area is 209 Å². The van der Waals surface area contributed by atoms with Crippen LogP contribution in [-0.2, 0) is 9.53 Å². The highest BCUT2D eigenvalue weighted by Gasteiger charge is 2.34. The van der Waals surface area contributed by atoms with E-state index in [2.05, 4.69) is 4.99 Å². The number of hydrogen-bond donors (Lipinski definition) is 0. The predicted molar refractivity (Wildman–Crippen MR) is 130 cm³/mol. The fourth-order valence-electron chi connectivity index (χ4n) is 4.49. The number of rotatable bonds is 4. The zero-order valence-electron chi connectivity index (χ0n) is 19.6. The van der Waals surface area contributed by atoms with Crippen molar-refractivity contribution in [3.05, 3.63) is 78.5 Å². The quantitative estimate of drug-likeness (QED) is 0.501. The number of hydrogen-bond acceptors (Lipinski definition) is 9. The Balaban J connectivity index is 1.51. The Morgan fingerprint density at radius 3 is 2.64 bits per heavy atom. The highest BCUT2D eigenvalue weighted by atomic mass is 32.1. The van der Waals surface area contributed by atoms with Crippen molar-refractivity contribution in [2.75, 3.05) is 26.6 Å². The number of benzene rings is 2. The minimum absolute atomic E-state index is 0.122. The van der Waals surface area contributed by atoms with Gasteiger partial charge in [-0.1, -0.05) is 23.5 Å². The summed E-state index contributed by atoms with van der Waals surface area (Å²) in [5.41, 5.74) is 2.05. The molecule has 3 aliphatic rings. The van der Waals surface area contributed by atoms with Crippen molar-refractivity contribution in [1.82, 2.24) is 4.57 Å². The van der Waals surface area contributed by atoms with Gasteiger partial charge in [0.05, 0.1) is 28.5 Å². The second-order valence-corrected chi connectivity index (χ2v) is 9.33. The van der Waals surface area contributed by atoms with Crippen LogP contribution in [0.2, 0.25) is 0 Å². The fourth-order valence-corrected chi connectivity index (χ4v) is 5.54. The van der Waals surface area contributed by atoms with E-state index in [9.17, 15) is 9.59 Å². The first-order valence-electron chi connectivity index (χ1n) is 11.5. The minimum Gasteiger partial charge on any atom is -0.486 e. The van der Waals surface area contributed by atoms with Gasteiger partial charge in [0, 0.05) is 0 Å². The largest absolute Gasteiger partial charge is 0.486 e. The summed E-state index contributed by atoms with van der Waals surface area (Å²) in [6.07, 6.45) is 1.79. The van der Waals surface area contributed by atoms with E-state index in [1.54, 1.807) is 36.6 Å². The lowest BCUT2D eigenvalue weighted by Crippen LogP contribution is -2.39. The van der Waals surface area contributed by atoms with Crippen LogP contribution in [0.15, 0.2) is 57.5 Å². The number of nitrogens with zero attached hydrogens (tertiary/aromatic N) is 2. The zero-order valence-corrected chi connectivity index (χ0v) is 20.4. The summed E-state index contributed by atoms with van der Waals surface area (Å²) >= 11 is 1.26. The van der Waals surface area contributed by atoms with Crippen LogP contribution in [0.3, 0.4) is 0 Å². The van der Waals surface area contributed by atoms with E-state index in [1.807, 2.05) is 24.3 Å². The Kier molecular flexibility index (Phi) is 5.52. The van der Waals surface area contributed by atoms with Crippen molar-refractivity contribution in [3.63, 3.8) is 0 Å². The van der Waals surface area contributed by atoms with E-state index in [0.717, 1.165) is 5.56 Å². The van der Waals surface area contributed by atoms with Gasteiger partial charge < -0.3 is 23.7 Å². The van der Waals surface area contributed by atoms with Gasteiger partial charge >= 0.3 is 5.97 Å². The number of aromatic nitrogens is 1. The van der Waals surface area contributed by atoms with Crippen LogP contribution in [0, 0.1) is 0 Å². The molecule has 0 unspecified atom stereocenters. The van der Waals surface area contributed by atoms with Gasteiger partial charge in [-0.3, -0.25) is 9.36 Å². The first kappa shape index (κ1) is 22.4. The van der Waals surface area contributed by atoms with E-state index in [-0.39, 0.29) is 19.0 Å². The Hall–Kier alpha value is -4.05. The number of esters is 1. The molecule has 0 saturated heterocycles. The van der Waals surface area contributed by atoms with Crippen LogP contribution in [0.1, 0.15) is 31.0 Å². The van der Waals surface area contributed by atoms with Gasteiger partial charge in [-0.15, -0.1) is 0 Å². The molecule has 0 amide bonds. The molecule has 3 aromatic rings. The summed E-state index contributed by atoms with van der Waals surface area (Å²) in [6.45, 7) is 4.81. The SMILES string of the molecule is CCOC(=O)C1=C(C)N=c2s/c(=C\c3ccc4c(c3)OCCO4)c(=O)n2[C@H]1c1ccc2c(c1)OCO2. The molecule has 3 aliphatic heterocycles. The van der Waals surface area contributed by atoms with Crippen LogP contribution in [0.4, 0.5) is 0 Å². The first-order valence-corrected chi connectivity index (χ1v) is 12.3. The van der Waals surface area contributed by atoms with Crippen LogP contribution >= 0.6 is 11.3 Å². The highest BCUT2D eigenvalue weighted by molar-refractivity contribution is 7.07. The molecular formula is C26H22N2O7S. The lowest BCUT2D eigenvalue weighted by atomic mass is 9.95. The van der Waals surface area contributed by atoms with Crippen molar-refractivity contribution in [2.45, 2.75) is 19.9 Å². The Morgan fingerprint density at radius 2 is 1.81 bits per heavy atom. The molecule has 0 saturated carbocycles. The molecule has 4 heterocycles. The predicted octanol–water partition coefficient (Wildman–Crippen LogP) is 2.30. The lowest BCUT2D eigenvalue weighted by molar-refractivity contribution is -0.139. The number of fused-ring (bicyclic) bond motifs is 3. The van der Waals surface area contributed by atoms with E-state index >= 15 is 0 Å². The highest BCUT2D eigenvalue weighted by Crippen LogP contribution is 2.38. The summed E-state index contributed by atoms with van der Waals surface area (Å²) in [6, 6.07) is 10.2. The van der Waals surface area contributed by atoms with Gasteiger partial charge in [-0.05, 0) is 55.3 Å². The second-order valence-electron chi connectivity index (χ2n) is 8.32. The topological polar surface area (TPSA) is 97.6 Å². The summed E-state index contributed by atoms with van der Waals surface area (Å²) in [5.74, 6) is 1.98. The normalized spacial score (nSPS) is 18.1. The monoisotopic (exact) mass is 506 g/mol. The molecule has 10 heteroatoms. The molecular weight excluding hydrogens is 484 g/mol. The molecule has 1 aromatic heterocycles. The van der Waals surface area contributed by atoms with Crippen LogP contribution in [0.25, 0.3) is 6.08 Å². The molecule has 0 radical (unpaired) electrons. The number of ether oxygens (including phenoxy) is 5. The number of allylic oxidation sites excluding steroid dienone is 1. The van der Waals surface area contributed by atoms with E-state index in [1.165, 1.54) is 11.3 Å². The summed E-state index contributed by atoms with van der Waals surface area (Å²) < 4.78 is 29.6. The van der Waals surface area contributed by atoms with Crippen molar-refractivity contribution in [2.24, 2.45) is 4.99 Å². The van der Waals surface area contributed by atoms with Gasteiger partial charge in [-0.2, -0.15) is 0 Å². The maximum atomic E-state index is 13.8. The fraction of sp³-hybridized carbons (Fsp3) is 0.269. The van der Waals surface area contributed by atoms with Crippen molar-refractivity contribution >= 4 is 23.4 Å². The molecule has 6 rings (SSSR count). The Bertz CT molecular complexity index is 1600. The third kappa shape index (κ3) is 3.74. The molecule has 9 nitrogen and oxygen atoms in total. The Morgan fingerprint density at radius 1 is 1.08 bits per heavy atom. The minimum atomic E-state index is -0.725. The number of carbonyl (C=O) groups is 1. The number of thiazole rings is 1. The summed E-state index contributed by atoms with van der Waals surface area (Å²) in [7, 11) is 0. The molecule has 0 fully saturated rings. The molecule has 0 aliphatic carbocycles. The van der Waals surface area contributed by atoms with Crippen LogP contribution < -0.4 is 33.8 Å². The first-order chi connectivity index (χ1) is 17.5. The van der Waals surface area contributed by atoms with Crippen molar-refractivity contribution in [1.29, 1.82) is 0 Å². The maximum absolute atomic E-state index is 13.8. The van der Waals surface area contributed by atoms with Gasteiger partial charge in [0.1, 0.15) is 13.2 Å². The second kappa shape index (κ2) is 8.87. The smallest absolute Gasteiger partial charge is 0.338 e. The molecule has 2 aromatic carbocycles. The van der Waals surface area contributed by atoms with Crippen molar-refractivity contribution < 1.29 is 28.5 Å². The van der Waals surface area contributed by atoms with Gasteiger partial charge in [0.15, 0.2) is 27.8 Å². The summed E-state index contributed by atoms with van der Waals surface area (Å²) in [5, 5.41) is 0. The summed E-state index contributed by atoms with van der Waals surface area (Å²) in [4.78, 5) is 31.9. The van der Waals surface area contributed by atoms with Gasteiger partial charge in [0.2, 0.25) is 6.79 Å². The molecule has 0 N–H and O–H groups in total. The van der Waals surface area contributed by atoms with Crippen LogP contribution in [-0.4, -0.2) is 37.1 Å².